The summed E-state index contributed by atoms with van der Waals surface area (Å²) in [6.45, 7) is 9.32. The lowest BCUT2D eigenvalue weighted by Crippen LogP contribution is -2.52. The second-order valence-electron chi connectivity index (χ2n) is 6.82. The molecule has 1 aromatic heterocycles. The smallest absolute Gasteiger partial charge is 0.0897 e. The standard InChI is InChI=1S/C17H29N3OS/c1-4-21-12-16-5-6-17(19(16)3)7-9-20(10-8-17)11-15-13-22-14(2)18-15/h13,16H,4-12H2,1-3H3/t16-/m1/s1. The molecule has 2 saturated heterocycles. The fourth-order valence-corrected chi connectivity index (χ4v) is 4.69. The molecule has 5 heteroatoms. The van der Waals surface area contributed by atoms with Crippen LogP contribution in [0.15, 0.2) is 5.38 Å². The van der Waals surface area contributed by atoms with Crippen LogP contribution in [0.5, 0.6) is 0 Å². The van der Waals surface area contributed by atoms with E-state index in [-0.39, 0.29) is 0 Å². The second-order valence-corrected chi connectivity index (χ2v) is 7.88. The average molecular weight is 324 g/mol. The van der Waals surface area contributed by atoms with Crippen LogP contribution in [-0.4, -0.2) is 59.7 Å². The van der Waals surface area contributed by atoms with Gasteiger partial charge in [-0.05, 0) is 46.6 Å². The molecule has 2 aliphatic heterocycles. The van der Waals surface area contributed by atoms with Gasteiger partial charge in [0.15, 0.2) is 0 Å². The first-order valence-electron chi connectivity index (χ1n) is 8.57. The number of rotatable bonds is 5. The lowest BCUT2D eigenvalue weighted by atomic mass is 9.85. The van der Waals surface area contributed by atoms with Crippen molar-refractivity contribution in [2.75, 3.05) is 33.4 Å². The van der Waals surface area contributed by atoms with Gasteiger partial charge >= 0.3 is 0 Å². The number of thiazole rings is 1. The maximum Gasteiger partial charge on any atom is 0.0897 e. The SMILES string of the molecule is CCOC[C@H]1CCC2(CCN(Cc3csc(C)n3)CC2)N1C. The number of aryl methyl sites for hydroxylation is 1. The molecule has 0 aliphatic carbocycles. The number of nitrogens with zero attached hydrogens (tertiary/aromatic N) is 3. The van der Waals surface area contributed by atoms with E-state index in [0.29, 0.717) is 11.6 Å². The molecular weight excluding hydrogens is 294 g/mol. The van der Waals surface area contributed by atoms with E-state index in [2.05, 4.69) is 41.1 Å². The van der Waals surface area contributed by atoms with Crippen LogP contribution in [0.1, 0.15) is 43.3 Å². The molecule has 1 spiro atoms. The van der Waals surface area contributed by atoms with Gasteiger partial charge in [0, 0.05) is 43.2 Å². The molecule has 1 atom stereocenters. The number of aromatic nitrogens is 1. The van der Waals surface area contributed by atoms with Gasteiger partial charge < -0.3 is 4.74 Å². The van der Waals surface area contributed by atoms with Crippen LogP contribution in [0.3, 0.4) is 0 Å². The summed E-state index contributed by atoms with van der Waals surface area (Å²) in [5.74, 6) is 0. The van der Waals surface area contributed by atoms with E-state index >= 15 is 0 Å². The van der Waals surface area contributed by atoms with E-state index in [1.165, 1.54) is 49.5 Å². The second kappa shape index (κ2) is 6.95. The molecule has 3 rings (SSSR count). The van der Waals surface area contributed by atoms with Gasteiger partial charge in [-0.15, -0.1) is 11.3 Å². The van der Waals surface area contributed by atoms with Gasteiger partial charge in [0.25, 0.3) is 0 Å². The Kier molecular flexibility index (Phi) is 5.17. The Morgan fingerprint density at radius 1 is 1.36 bits per heavy atom. The van der Waals surface area contributed by atoms with Gasteiger partial charge in [-0.3, -0.25) is 9.80 Å². The third-order valence-electron chi connectivity index (χ3n) is 5.59. The molecule has 124 valence electrons. The minimum Gasteiger partial charge on any atom is -0.380 e. The first kappa shape index (κ1) is 16.4. The quantitative estimate of drug-likeness (QED) is 0.833. The van der Waals surface area contributed by atoms with Crippen LogP contribution in [0, 0.1) is 6.92 Å². The molecule has 4 nitrogen and oxygen atoms in total. The van der Waals surface area contributed by atoms with Crippen molar-refractivity contribution >= 4 is 11.3 Å². The molecule has 0 radical (unpaired) electrons. The van der Waals surface area contributed by atoms with Gasteiger partial charge in [0.1, 0.15) is 0 Å². The maximum absolute atomic E-state index is 5.67. The third kappa shape index (κ3) is 3.37. The van der Waals surface area contributed by atoms with Crippen molar-refractivity contribution in [1.82, 2.24) is 14.8 Å². The number of hydrogen-bond donors (Lipinski definition) is 0. The topological polar surface area (TPSA) is 28.6 Å². The van der Waals surface area contributed by atoms with E-state index in [9.17, 15) is 0 Å². The molecule has 3 heterocycles. The first-order valence-corrected chi connectivity index (χ1v) is 9.45. The summed E-state index contributed by atoms with van der Waals surface area (Å²) in [5.41, 5.74) is 1.67. The summed E-state index contributed by atoms with van der Waals surface area (Å²) in [5, 5.41) is 3.39. The number of hydrogen-bond acceptors (Lipinski definition) is 5. The van der Waals surface area contributed by atoms with E-state index in [1.54, 1.807) is 11.3 Å². The van der Waals surface area contributed by atoms with Gasteiger partial charge in [-0.25, -0.2) is 4.98 Å². The molecule has 2 fully saturated rings. The Hall–Kier alpha value is -0.490. The lowest BCUT2D eigenvalue weighted by Gasteiger charge is -2.45. The van der Waals surface area contributed by atoms with Crippen LogP contribution in [-0.2, 0) is 11.3 Å². The highest BCUT2D eigenvalue weighted by Crippen LogP contribution is 2.40. The Morgan fingerprint density at radius 3 is 2.77 bits per heavy atom. The van der Waals surface area contributed by atoms with Gasteiger partial charge in [-0.1, -0.05) is 0 Å². The normalized spacial score (nSPS) is 26.0. The molecule has 0 aromatic carbocycles. The molecule has 2 aliphatic rings. The third-order valence-corrected chi connectivity index (χ3v) is 6.41. The molecule has 0 amide bonds. The van der Waals surface area contributed by atoms with Gasteiger partial charge in [0.2, 0.25) is 0 Å². The summed E-state index contributed by atoms with van der Waals surface area (Å²) in [7, 11) is 2.32. The number of likely N-dealkylation sites (tertiary alicyclic amines) is 2. The Bertz CT molecular complexity index is 482. The molecule has 22 heavy (non-hydrogen) atoms. The highest BCUT2D eigenvalue weighted by Gasteiger charge is 2.45. The minimum absolute atomic E-state index is 0.427. The van der Waals surface area contributed by atoms with E-state index in [0.717, 1.165) is 19.8 Å². The molecule has 0 saturated carbocycles. The highest BCUT2D eigenvalue weighted by molar-refractivity contribution is 7.09. The van der Waals surface area contributed by atoms with Crippen LogP contribution in [0.4, 0.5) is 0 Å². The maximum atomic E-state index is 5.67. The average Bonchev–Trinajstić information content (AvgIpc) is 3.05. The van der Waals surface area contributed by atoms with E-state index < -0.39 is 0 Å². The molecule has 0 N–H and O–H groups in total. The molecule has 0 bridgehead atoms. The summed E-state index contributed by atoms with van der Waals surface area (Å²) >= 11 is 1.76. The van der Waals surface area contributed by atoms with E-state index in [4.69, 9.17) is 4.74 Å². The zero-order valence-corrected chi connectivity index (χ0v) is 15.0. The van der Waals surface area contributed by atoms with Crippen molar-refractivity contribution in [3.63, 3.8) is 0 Å². The molecule has 1 aromatic rings. The Morgan fingerprint density at radius 2 is 2.14 bits per heavy atom. The fourth-order valence-electron chi connectivity index (χ4n) is 4.08. The predicted molar refractivity (Wildman–Crippen MR) is 91.4 cm³/mol. The Balaban J connectivity index is 1.52. The van der Waals surface area contributed by atoms with Crippen molar-refractivity contribution in [1.29, 1.82) is 0 Å². The Labute approximate surface area is 138 Å². The summed E-state index contributed by atoms with van der Waals surface area (Å²) in [6.07, 6.45) is 5.21. The van der Waals surface area contributed by atoms with Crippen molar-refractivity contribution in [3.8, 4) is 0 Å². The predicted octanol–water partition coefficient (Wildman–Crippen LogP) is 2.92. The highest BCUT2D eigenvalue weighted by atomic mass is 32.1. The fraction of sp³-hybridized carbons (Fsp3) is 0.824. The number of likely N-dealkylation sites (N-methyl/N-ethyl adjacent to an activating group) is 1. The van der Waals surface area contributed by atoms with Crippen LogP contribution in [0.25, 0.3) is 0 Å². The summed E-state index contributed by atoms with van der Waals surface area (Å²) < 4.78 is 5.67. The van der Waals surface area contributed by atoms with Crippen LogP contribution in [0.2, 0.25) is 0 Å². The molecular formula is C17H29N3OS. The first-order chi connectivity index (χ1) is 10.6. The van der Waals surface area contributed by atoms with Crippen LogP contribution >= 0.6 is 11.3 Å². The van der Waals surface area contributed by atoms with Crippen molar-refractivity contribution in [2.24, 2.45) is 0 Å². The summed E-state index contributed by atoms with van der Waals surface area (Å²) in [6, 6.07) is 0.618. The summed E-state index contributed by atoms with van der Waals surface area (Å²) in [4.78, 5) is 9.81. The number of piperidine rings is 1. The lowest BCUT2D eigenvalue weighted by molar-refractivity contribution is 0.0204. The van der Waals surface area contributed by atoms with Gasteiger partial charge in [-0.2, -0.15) is 0 Å². The zero-order chi connectivity index (χ0) is 15.6. The largest absolute Gasteiger partial charge is 0.380 e. The van der Waals surface area contributed by atoms with Crippen molar-refractivity contribution in [2.45, 2.75) is 57.7 Å². The van der Waals surface area contributed by atoms with E-state index in [1.807, 2.05) is 0 Å². The van der Waals surface area contributed by atoms with Crippen molar-refractivity contribution < 1.29 is 4.74 Å². The van der Waals surface area contributed by atoms with Crippen LogP contribution < -0.4 is 0 Å². The zero-order valence-electron chi connectivity index (χ0n) is 14.2. The molecule has 0 unspecified atom stereocenters. The monoisotopic (exact) mass is 323 g/mol. The number of ether oxygens (including phenoxy) is 1. The van der Waals surface area contributed by atoms with Crippen molar-refractivity contribution in [3.05, 3.63) is 16.1 Å². The van der Waals surface area contributed by atoms with Gasteiger partial charge in [0.05, 0.1) is 17.3 Å². The minimum atomic E-state index is 0.427.